The first-order valence-corrected chi connectivity index (χ1v) is 10.1. The van der Waals surface area contributed by atoms with E-state index in [-0.39, 0.29) is 30.3 Å². The molecular formula is C17H23ClN4O2S2. The number of carbonyl (C=O) groups excluding carboxylic acids is 2. The van der Waals surface area contributed by atoms with E-state index < -0.39 is 0 Å². The molecule has 2 aromatic heterocycles. The number of thiazole rings is 1. The highest BCUT2D eigenvalue weighted by Crippen LogP contribution is 2.18. The maximum atomic E-state index is 12.5. The lowest BCUT2D eigenvalue weighted by atomic mass is 10.0. The van der Waals surface area contributed by atoms with Gasteiger partial charge < -0.3 is 16.0 Å². The monoisotopic (exact) mass is 414 g/mol. The van der Waals surface area contributed by atoms with Crippen molar-refractivity contribution in [2.24, 2.45) is 5.73 Å². The van der Waals surface area contributed by atoms with Crippen LogP contribution in [0, 0.1) is 6.92 Å². The number of nitrogens with one attached hydrogen (secondary N) is 1. The van der Waals surface area contributed by atoms with Crippen LogP contribution in [0.5, 0.6) is 0 Å². The molecule has 0 spiro atoms. The smallest absolute Gasteiger partial charge is 0.273 e. The molecule has 3 heterocycles. The summed E-state index contributed by atoms with van der Waals surface area (Å²) in [5, 5.41) is 5.78. The highest BCUT2D eigenvalue weighted by atomic mass is 35.5. The molecule has 0 radical (unpaired) electrons. The van der Waals surface area contributed by atoms with Crippen molar-refractivity contribution in [3.8, 4) is 0 Å². The highest BCUT2D eigenvalue weighted by Gasteiger charge is 2.26. The Hall–Kier alpha value is -1.48. The van der Waals surface area contributed by atoms with E-state index in [9.17, 15) is 9.59 Å². The minimum atomic E-state index is -0.0295. The summed E-state index contributed by atoms with van der Waals surface area (Å²) in [4.78, 5) is 32.8. The van der Waals surface area contributed by atoms with E-state index in [0.29, 0.717) is 31.7 Å². The van der Waals surface area contributed by atoms with Crippen LogP contribution in [0.1, 0.15) is 42.9 Å². The first kappa shape index (κ1) is 20.8. The number of carbonyl (C=O) groups is 2. The van der Waals surface area contributed by atoms with Crippen LogP contribution in [0.25, 0.3) is 0 Å². The summed E-state index contributed by atoms with van der Waals surface area (Å²) in [5.41, 5.74) is 6.03. The second kappa shape index (κ2) is 9.45. The number of thiophene rings is 1. The van der Waals surface area contributed by atoms with Gasteiger partial charge in [-0.3, -0.25) is 9.59 Å². The summed E-state index contributed by atoms with van der Waals surface area (Å²) >= 11 is 2.98. The Bertz CT molecular complexity index is 754. The van der Waals surface area contributed by atoms with Crippen molar-refractivity contribution in [2.75, 3.05) is 19.6 Å². The number of aryl methyl sites for hydroxylation is 1. The second-order valence-corrected chi connectivity index (χ2v) is 8.35. The Morgan fingerprint density at radius 1 is 1.35 bits per heavy atom. The number of piperidine rings is 1. The summed E-state index contributed by atoms with van der Waals surface area (Å²) in [6.45, 7) is 3.80. The fourth-order valence-electron chi connectivity index (χ4n) is 2.85. The Morgan fingerprint density at radius 2 is 2.08 bits per heavy atom. The van der Waals surface area contributed by atoms with Gasteiger partial charge in [-0.05, 0) is 38.4 Å². The maximum absolute atomic E-state index is 12.5. The average molecular weight is 415 g/mol. The van der Waals surface area contributed by atoms with Crippen molar-refractivity contribution in [2.45, 2.75) is 32.2 Å². The molecule has 1 aliphatic rings. The molecule has 1 fully saturated rings. The molecule has 3 rings (SSSR count). The summed E-state index contributed by atoms with van der Waals surface area (Å²) in [6.07, 6.45) is 2.23. The van der Waals surface area contributed by atoms with Gasteiger partial charge in [0.2, 0.25) is 0 Å². The molecular weight excluding hydrogens is 392 g/mol. The molecule has 1 saturated heterocycles. The zero-order valence-corrected chi connectivity index (χ0v) is 17.0. The SMILES string of the molecule is Cc1ccc(C(=O)NC2CCN(C(=O)c3csc(CCN)n3)CC2)s1.Cl. The van der Waals surface area contributed by atoms with Crippen LogP contribution in [0.4, 0.5) is 0 Å². The van der Waals surface area contributed by atoms with Crippen LogP contribution >= 0.6 is 35.1 Å². The normalized spacial score (nSPS) is 14.8. The Morgan fingerprint density at radius 3 is 2.69 bits per heavy atom. The predicted octanol–water partition coefficient (Wildman–Crippen LogP) is 2.47. The lowest BCUT2D eigenvalue weighted by Gasteiger charge is -2.31. The van der Waals surface area contributed by atoms with Gasteiger partial charge in [-0.15, -0.1) is 35.1 Å². The predicted molar refractivity (Wildman–Crippen MR) is 108 cm³/mol. The quantitative estimate of drug-likeness (QED) is 0.786. The van der Waals surface area contributed by atoms with Gasteiger partial charge in [0.15, 0.2) is 0 Å². The molecule has 2 aromatic rings. The van der Waals surface area contributed by atoms with Crippen molar-refractivity contribution in [1.29, 1.82) is 0 Å². The second-order valence-electron chi connectivity index (χ2n) is 6.12. The van der Waals surface area contributed by atoms with E-state index in [1.165, 1.54) is 22.7 Å². The zero-order valence-electron chi connectivity index (χ0n) is 14.6. The highest BCUT2D eigenvalue weighted by molar-refractivity contribution is 7.13. The fraction of sp³-hybridized carbons (Fsp3) is 0.471. The van der Waals surface area contributed by atoms with Gasteiger partial charge in [-0.25, -0.2) is 4.98 Å². The number of hydrogen-bond acceptors (Lipinski definition) is 6. The third-order valence-corrected chi connectivity index (χ3v) is 6.12. The molecule has 0 atom stereocenters. The summed E-state index contributed by atoms with van der Waals surface area (Å²) in [6, 6.07) is 3.92. The number of nitrogens with zero attached hydrogens (tertiary/aromatic N) is 2. The van der Waals surface area contributed by atoms with E-state index in [1.54, 1.807) is 5.38 Å². The first-order chi connectivity index (χ1) is 12.1. The molecule has 0 aromatic carbocycles. The molecule has 0 unspecified atom stereocenters. The van der Waals surface area contributed by atoms with Crippen LogP contribution in [0.2, 0.25) is 0 Å². The molecule has 6 nitrogen and oxygen atoms in total. The molecule has 9 heteroatoms. The van der Waals surface area contributed by atoms with E-state index >= 15 is 0 Å². The Balaban J connectivity index is 0.00000243. The van der Waals surface area contributed by atoms with Crippen LogP contribution in [0.15, 0.2) is 17.5 Å². The van der Waals surface area contributed by atoms with Gasteiger partial charge >= 0.3 is 0 Å². The Labute approximate surface area is 167 Å². The van der Waals surface area contributed by atoms with E-state index in [1.807, 2.05) is 24.0 Å². The van der Waals surface area contributed by atoms with Gasteiger partial charge in [0.25, 0.3) is 11.8 Å². The van der Waals surface area contributed by atoms with Gasteiger partial charge in [0, 0.05) is 35.8 Å². The van der Waals surface area contributed by atoms with Gasteiger partial charge in [0.1, 0.15) is 5.69 Å². The number of halogens is 1. The van der Waals surface area contributed by atoms with Gasteiger partial charge in [-0.2, -0.15) is 0 Å². The molecule has 1 aliphatic heterocycles. The molecule has 3 N–H and O–H groups in total. The first-order valence-electron chi connectivity index (χ1n) is 8.38. The summed E-state index contributed by atoms with van der Waals surface area (Å²) in [7, 11) is 0. The van der Waals surface area contributed by atoms with Gasteiger partial charge in [-0.1, -0.05) is 0 Å². The summed E-state index contributed by atoms with van der Waals surface area (Å²) in [5.74, 6) is -0.0491. The molecule has 142 valence electrons. The number of hydrogen-bond donors (Lipinski definition) is 2. The Kier molecular flexibility index (Phi) is 7.57. The third kappa shape index (κ3) is 5.03. The van der Waals surface area contributed by atoms with Crippen molar-refractivity contribution in [3.05, 3.63) is 38.0 Å². The zero-order chi connectivity index (χ0) is 17.8. The fourth-order valence-corrected chi connectivity index (χ4v) is 4.41. The van der Waals surface area contributed by atoms with Crippen molar-refractivity contribution in [3.63, 3.8) is 0 Å². The summed E-state index contributed by atoms with van der Waals surface area (Å²) < 4.78 is 0. The lowest BCUT2D eigenvalue weighted by Crippen LogP contribution is -2.46. The largest absolute Gasteiger partial charge is 0.348 e. The number of nitrogens with two attached hydrogens (primary N) is 1. The molecule has 0 bridgehead atoms. The standard InChI is InChI=1S/C17H22N4O2S2.ClH/c1-11-2-3-14(25-11)16(22)19-12-5-8-21(9-6-12)17(23)13-10-24-15(20-13)4-7-18;/h2-3,10,12H,4-9,18H2,1H3,(H,19,22);1H. The minimum absolute atomic E-state index is 0. The van der Waals surface area contributed by atoms with E-state index in [4.69, 9.17) is 5.73 Å². The van der Waals surface area contributed by atoms with Crippen molar-refractivity contribution >= 4 is 46.9 Å². The van der Waals surface area contributed by atoms with Crippen LogP contribution in [-0.2, 0) is 6.42 Å². The number of aromatic nitrogens is 1. The number of rotatable bonds is 5. The minimum Gasteiger partial charge on any atom is -0.348 e. The number of likely N-dealkylation sites (tertiary alicyclic amines) is 1. The topological polar surface area (TPSA) is 88.3 Å². The molecule has 2 amide bonds. The van der Waals surface area contributed by atoms with E-state index in [0.717, 1.165) is 27.6 Å². The average Bonchev–Trinajstić information content (AvgIpc) is 3.24. The molecule has 0 saturated carbocycles. The van der Waals surface area contributed by atoms with Crippen molar-refractivity contribution in [1.82, 2.24) is 15.2 Å². The maximum Gasteiger partial charge on any atom is 0.273 e. The van der Waals surface area contributed by atoms with Crippen LogP contribution < -0.4 is 11.1 Å². The lowest BCUT2D eigenvalue weighted by molar-refractivity contribution is 0.0693. The molecule has 0 aliphatic carbocycles. The van der Waals surface area contributed by atoms with Crippen LogP contribution in [-0.4, -0.2) is 47.4 Å². The molecule has 26 heavy (non-hydrogen) atoms. The van der Waals surface area contributed by atoms with Gasteiger partial charge in [0.05, 0.1) is 9.88 Å². The van der Waals surface area contributed by atoms with E-state index in [2.05, 4.69) is 10.3 Å². The van der Waals surface area contributed by atoms with Crippen molar-refractivity contribution < 1.29 is 9.59 Å². The third-order valence-electron chi connectivity index (χ3n) is 4.21. The van der Waals surface area contributed by atoms with Crippen LogP contribution in [0.3, 0.4) is 0 Å². The number of amides is 2.